The molecule has 0 N–H and O–H groups in total. The van der Waals surface area contributed by atoms with E-state index in [0.717, 1.165) is 23.7 Å². The molecule has 88 valence electrons. The molecule has 0 heterocycles. The molecule has 0 amide bonds. The second kappa shape index (κ2) is 6.92. The monoisotopic (exact) mass is 304 g/mol. The van der Waals surface area contributed by atoms with Gasteiger partial charge in [0, 0.05) is 11.2 Å². The van der Waals surface area contributed by atoms with Crippen molar-refractivity contribution < 1.29 is 9.53 Å². The Balaban J connectivity index is 2.92. The molecule has 0 aliphatic carbocycles. The van der Waals surface area contributed by atoms with Crippen molar-refractivity contribution in [2.45, 2.75) is 18.7 Å². The van der Waals surface area contributed by atoms with Crippen LogP contribution in [0.25, 0.3) is 0 Å². The first-order valence-corrected chi connectivity index (χ1v) is 6.70. The van der Waals surface area contributed by atoms with Crippen molar-refractivity contribution in [3.63, 3.8) is 0 Å². The highest BCUT2D eigenvalue weighted by atomic mass is 79.9. The summed E-state index contributed by atoms with van der Waals surface area (Å²) in [6.45, 7) is 0. The predicted molar refractivity (Wildman–Crippen MR) is 69.5 cm³/mol. The molecule has 1 rings (SSSR count). The molecule has 0 aromatic heterocycles. The van der Waals surface area contributed by atoms with Crippen molar-refractivity contribution in [3.05, 3.63) is 34.9 Å². The first kappa shape index (κ1) is 13.5. The Labute approximate surface area is 109 Å². The highest BCUT2D eigenvalue weighted by molar-refractivity contribution is 9.09. The Morgan fingerprint density at radius 2 is 2.19 bits per heavy atom. The lowest BCUT2D eigenvalue weighted by molar-refractivity contribution is 0.0600. The molecule has 0 atom stereocenters. The quantitative estimate of drug-likeness (QED) is 0.614. The summed E-state index contributed by atoms with van der Waals surface area (Å²) in [7, 11) is 1.38. The molecule has 0 radical (unpaired) electrons. The second-order valence-electron chi connectivity index (χ2n) is 3.40. The van der Waals surface area contributed by atoms with Crippen LogP contribution in [0.3, 0.4) is 0 Å². The van der Waals surface area contributed by atoms with Gasteiger partial charge in [-0.05, 0) is 36.1 Å². The van der Waals surface area contributed by atoms with E-state index in [9.17, 15) is 4.79 Å². The van der Waals surface area contributed by atoms with Crippen LogP contribution in [0.2, 0.25) is 0 Å². The molecule has 16 heavy (non-hydrogen) atoms. The van der Waals surface area contributed by atoms with Crippen LogP contribution in [0.5, 0.6) is 0 Å². The fourth-order valence-corrected chi connectivity index (χ4v) is 2.03. The summed E-state index contributed by atoms with van der Waals surface area (Å²) < 4.78 is 4.67. The topological polar surface area (TPSA) is 26.3 Å². The van der Waals surface area contributed by atoms with E-state index >= 15 is 0 Å². The third-order valence-electron chi connectivity index (χ3n) is 2.35. The van der Waals surface area contributed by atoms with Crippen LogP contribution < -0.4 is 0 Å². The largest absolute Gasteiger partial charge is 0.465 e. The van der Waals surface area contributed by atoms with Gasteiger partial charge in [0.15, 0.2) is 0 Å². The van der Waals surface area contributed by atoms with Crippen LogP contribution in [-0.4, -0.2) is 18.4 Å². The van der Waals surface area contributed by atoms with Crippen LogP contribution in [-0.2, 0) is 17.0 Å². The highest BCUT2D eigenvalue weighted by Crippen LogP contribution is 2.17. The Morgan fingerprint density at radius 3 is 2.75 bits per heavy atom. The number of hydrogen-bond donors (Lipinski definition) is 0. The van der Waals surface area contributed by atoms with Crippen LogP contribution in [0, 0.1) is 0 Å². The first-order chi connectivity index (χ1) is 7.72. The average Bonchev–Trinajstić information content (AvgIpc) is 2.35. The lowest BCUT2D eigenvalue weighted by Crippen LogP contribution is -2.03. The minimum Gasteiger partial charge on any atom is -0.465 e. The van der Waals surface area contributed by atoms with E-state index in [2.05, 4.69) is 20.7 Å². The van der Waals surface area contributed by atoms with E-state index in [1.165, 1.54) is 12.7 Å². The third-order valence-corrected chi connectivity index (χ3v) is 3.20. The number of aryl methyl sites for hydroxylation is 1. The van der Waals surface area contributed by atoms with Gasteiger partial charge in [0.2, 0.25) is 0 Å². The minimum absolute atomic E-state index is 0.321. The molecule has 0 saturated heterocycles. The van der Waals surface area contributed by atoms with Crippen molar-refractivity contribution in [2.75, 3.05) is 12.4 Å². The standard InChI is InChI=1S/C12H14BrClO2/c1-16-12(15)10-5-4-9(3-2-6-13)11(7-10)8-14/h4-5,7H,2-3,6,8H2,1H3. The van der Waals surface area contributed by atoms with E-state index in [-0.39, 0.29) is 5.97 Å². The highest BCUT2D eigenvalue weighted by Gasteiger charge is 2.08. The van der Waals surface area contributed by atoms with E-state index < -0.39 is 0 Å². The SMILES string of the molecule is COC(=O)c1ccc(CCCBr)c(CCl)c1. The summed E-state index contributed by atoms with van der Waals surface area (Å²) in [6, 6.07) is 5.54. The van der Waals surface area contributed by atoms with E-state index in [1.807, 2.05) is 12.1 Å². The fraction of sp³-hybridized carbons (Fsp3) is 0.417. The molecule has 1 aromatic rings. The van der Waals surface area contributed by atoms with Gasteiger partial charge in [-0.15, -0.1) is 11.6 Å². The maximum atomic E-state index is 11.3. The van der Waals surface area contributed by atoms with Crippen molar-refractivity contribution in [2.24, 2.45) is 0 Å². The zero-order valence-electron chi connectivity index (χ0n) is 9.13. The van der Waals surface area contributed by atoms with Gasteiger partial charge in [-0.25, -0.2) is 4.79 Å². The predicted octanol–water partition coefficient (Wildman–Crippen LogP) is 3.54. The molecule has 0 unspecified atom stereocenters. The third kappa shape index (κ3) is 3.49. The maximum Gasteiger partial charge on any atom is 0.337 e. The van der Waals surface area contributed by atoms with Gasteiger partial charge in [-0.1, -0.05) is 22.0 Å². The normalized spacial score (nSPS) is 10.2. The van der Waals surface area contributed by atoms with Gasteiger partial charge in [0.05, 0.1) is 12.7 Å². The van der Waals surface area contributed by atoms with E-state index in [0.29, 0.717) is 11.4 Å². The number of rotatable bonds is 5. The number of alkyl halides is 2. The van der Waals surface area contributed by atoms with Crippen LogP contribution >= 0.6 is 27.5 Å². The number of methoxy groups -OCH3 is 1. The fourth-order valence-electron chi connectivity index (χ4n) is 1.50. The van der Waals surface area contributed by atoms with E-state index in [1.54, 1.807) is 6.07 Å². The number of halogens is 2. The summed E-state index contributed by atoms with van der Waals surface area (Å²) in [6.07, 6.45) is 2.02. The Kier molecular flexibility index (Phi) is 5.85. The summed E-state index contributed by atoms with van der Waals surface area (Å²) in [4.78, 5) is 11.3. The lowest BCUT2D eigenvalue weighted by Gasteiger charge is -2.08. The van der Waals surface area contributed by atoms with Crippen molar-refractivity contribution >= 4 is 33.5 Å². The summed E-state index contributed by atoms with van der Waals surface area (Å²) >= 11 is 9.26. The Morgan fingerprint density at radius 1 is 1.44 bits per heavy atom. The van der Waals surface area contributed by atoms with Gasteiger partial charge in [0.25, 0.3) is 0 Å². The molecular weight excluding hydrogens is 291 g/mol. The van der Waals surface area contributed by atoms with Crippen molar-refractivity contribution in [1.29, 1.82) is 0 Å². The Hall–Kier alpha value is -0.540. The zero-order valence-corrected chi connectivity index (χ0v) is 11.5. The van der Waals surface area contributed by atoms with Crippen LogP contribution in [0.1, 0.15) is 27.9 Å². The maximum absolute atomic E-state index is 11.3. The van der Waals surface area contributed by atoms with Crippen LogP contribution in [0.4, 0.5) is 0 Å². The summed E-state index contributed by atoms with van der Waals surface area (Å²) in [5.41, 5.74) is 2.76. The molecule has 4 heteroatoms. The average molecular weight is 306 g/mol. The first-order valence-electron chi connectivity index (χ1n) is 5.05. The number of carbonyl (C=O) groups is 1. The van der Waals surface area contributed by atoms with Gasteiger partial charge in [-0.2, -0.15) is 0 Å². The number of esters is 1. The minimum atomic E-state index is -0.321. The molecular formula is C12H14BrClO2. The number of hydrogen-bond acceptors (Lipinski definition) is 2. The number of benzene rings is 1. The van der Waals surface area contributed by atoms with E-state index in [4.69, 9.17) is 11.6 Å². The molecule has 0 spiro atoms. The molecule has 1 aromatic carbocycles. The Bertz CT molecular complexity index is 366. The summed E-state index contributed by atoms with van der Waals surface area (Å²) in [5.74, 6) is 0.0982. The van der Waals surface area contributed by atoms with Gasteiger partial charge in [0.1, 0.15) is 0 Å². The van der Waals surface area contributed by atoms with Crippen molar-refractivity contribution in [1.82, 2.24) is 0 Å². The second-order valence-corrected chi connectivity index (χ2v) is 4.46. The zero-order chi connectivity index (χ0) is 12.0. The molecule has 0 aliphatic heterocycles. The molecule has 0 saturated carbocycles. The van der Waals surface area contributed by atoms with Gasteiger partial charge < -0.3 is 4.74 Å². The molecule has 0 aliphatic rings. The van der Waals surface area contributed by atoms with Gasteiger partial charge in [-0.3, -0.25) is 0 Å². The lowest BCUT2D eigenvalue weighted by atomic mass is 10.0. The summed E-state index contributed by atoms with van der Waals surface area (Å²) in [5, 5.41) is 0.966. The number of carbonyl (C=O) groups excluding carboxylic acids is 1. The molecule has 0 bridgehead atoms. The smallest absolute Gasteiger partial charge is 0.337 e. The molecule has 0 fully saturated rings. The number of ether oxygens (including phenoxy) is 1. The van der Waals surface area contributed by atoms with Crippen molar-refractivity contribution in [3.8, 4) is 0 Å². The van der Waals surface area contributed by atoms with Gasteiger partial charge >= 0.3 is 5.97 Å². The van der Waals surface area contributed by atoms with Crippen LogP contribution in [0.15, 0.2) is 18.2 Å². The molecule has 2 nitrogen and oxygen atoms in total.